The van der Waals surface area contributed by atoms with Crippen LogP contribution in [0.4, 0.5) is 11.8 Å². The predicted molar refractivity (Wildman–Crippen MR) is 142 cm³/mol. The number of benzene rings is 1. The molecule has 34 heavy (non-hydrogen) atoms. The van der Waals surface area contributed by atoms with Gasteiger partial charge in [0.1, 0.15) is 5.82 Å². The predicted octanol–water partition coefficient (Wildman–Crippen LogP) is 4.91. The van der Waals surface area contributed by atoms with Crippen LogP contribution in [0.25, 0.3) is 10.9 Å². The zero-order valence-electron chi connectivity index (χ0n) is 19.9. The second-order valence-electron chi connectivity index (χ2n) is 9.71. The Kier molecular flexibility index (Phi) is 6.90. The highest BCUT2D eigenvalue weighted by atomic mass is 32.2. The zero-order chi connectivity index (χ0) is 23.5. The molecule has 0 radical (unpaired) electrons. The number of thioether (sulfide) groups is 1. The molecular weight excluding hydrogens is 442 g/mol. The van der Waals surface area contributed by atoms with Crippen LogP contribution in [0.15, 0.2) is 59.6 Å². The van der Waals surface area contributed by atoms with Crippen molar-refractivity contribution in [2.45, 2.75) is 43.4 Å². The van der Waals surface area contributed by atoms with E-state index in [1.54, 1.807) is 0 Å². The Morgan fingerprint density at radius 1 is 1.09 bits per heavy atom. The summed E-state index contributed by atoms with van der Waals surface area (Å²) in [6.07, 6.45) is 13.5. The van der Waals surface area contributed by atoms with Crippen molar-refractivity contribution < 1.29 is 4.79 Å². The van der Waals surface area contributed by atoms with Crippen LogP contribution in [0.3, 0.4) is 0 Å². The number of nitrogens with zero attached hydrogens (tertiary/aromatic N) is 3. The highest BCUT2D eigenvalue weighted by molar-refractivity contribution is 8.03. The lowest BCUT2D eigenvalue weighted by molar-refractivity contribution is -0.120. The van der Waals surface area contributed by atoms with Crippen molar-refractivity contribution in [3.8, 4) is 0 Å². The van der Waals surface area contributed by atoms with Gasteiger partial charge in [0, 0.05) is 49.7 Å². The quantitative estimate of drug-likeness (QED) is 0.593. The minimum atomic E-state index is 0.150. The van der Waals surface area contributed by atoms with Gasteiger partial charge >= 0.3 is 0 Å². The maximum Gasteiger partial charge on any atom is 0.225 e. The number of hydrogen-bond acceptors (Lipinski definition) is 6. The number of para-hydroxylation sites is 1. The first-order valence-electron chi connectivity index (χ1n) is 12.2. The summed E-state index contributed by atoms with van der Waals surface area (Å²) in [4.78, 5) is 24.1. The molecule has 5 rings (SSSR count). The molecule has 1 aromatic carbocycles. The van der Waals surface area contributed by atoms with Gasteiger partial charge in [-0.1, -0.05) is 36.4 Å². The summed E-state index contributed by atoms with van der Waals surface area (Å²) < 4.78 is 0. The fraction of sp³-hybridized carbons (Fsp3) is 0.444. The van der Waals surface area contributed by atoms with E-state index in [4.69, 9.17) is 9.97 Å². The van der Waals surface area contributed by atoms with E-state index in [1.165, 1.54) is 5.57 Å². The van der Waals surface area contributed by atoms with E-state index in [0.29, 0.717) is 35.5 Å². The minimum Gasteiger partial charge on any atom is -0.362 e. The Bertz CT molecular complexity index is 1130. The molecule has 2 atom stereocenters. The summed E-state index contributed by atoms with van der Waals surface area (Å²) in [7, 11) is 4.03. The number of anilines is 2. The van der Waals surface area contributed by atoms with E-state index in [1.807, 2.05) is 49.0 Å². The summed E-state index contributed by atoms with van der Waals surface area (Å²) in [6, 6.07) is 8.51. The molecule has 1 aliphatic heterocycles. The number of amides is 1. The molecule has 2 unspecified atom stereocenters. The Hall–Kier alpha value is -2.80. The highest BCUT2D eigenvalue weighted by Crippen LogP contribution is 2.40. The molecule has 0 spiro atoms. The average molecular weight is 476 g/mol. The van der Waals surface area contributed by atoms with Crippen LogP contribution in [0.1, 0.15) is 32.1 Å². The van der Waals surface area contributed by atoms with Gasteiger partial charge in [0.25, 0.3) is 0 Å². The molecule has 3 aliphatic rings. The van der Waals surface area contributed by atoms with E-state index in [0.717, 1.165) is 48.9 Å². The summed E-state index contributed by atoms with van der Waals surface area (Å²) in [6.45, 7) is 0.771. The molecule has 1 fully saturated rings. The first kappa shape index (κ1) is 23.0. The normalized spacial score (nSPS) is 25.6. The Morgan fingerprint density at radius 2 is 1.88 bits per heavy atom. The molecule has 2 heterocycles. The van der Waals surface area contributed by atoms with Gasteiger partial charge in [0.15, 0.2) is 0 Å². The molecule has 1 aromatic heterocycles. The van der Waals surface area contributed by atoms with Crippen LogP contribution in [-0.2, 0) is 4.79 Å². The second kappa shape index (κ2) is 10.2. The number of fused-ring (bicyclic) bond motifs is 2. The van der Waals surface area contributed by atoms with Crippen LogP contribution in [0.2, 0.25) is 0 Å². The number of nitrogens with one attached hydrogen (secondary N) is 2. The Labute approximate surface area is 206 Å². The zero-order valence-corrected chi connectivity index (χ0v) is 20.7. The maximum absolute atomic E-state index is 12.6. The monoisotopic (exact) mass is 475 g/mol. The summed E-state index contributed by atoms with van der Waals surface area (Å²) in [5, 5.41) is 10.5. The minimum absolute atomic E-state index is 0.150. The summed E-state index contributed by atoms with van der Waals surface area (Å²) in [5.74, 6) is 2.70. The van der Waals surface area contributed by atoms with Gasteiger partial charge in [0.2, 0.25) is 11.9 Å². The molecular formula is C27H33N5OS. The van der Waals surface area contributed by atoms with Crippen molar-refractivity contribution in [1.82, 2.24) is 15.3 Å². The molecule has 1 amide bonds. The van der Waals surface area contributed by atoms with Crippen molar-refractivity contribution in [2.24, 2.45) is 11.8 Å². The van der Waals surface area contributed by atoms with Gasteiger partial charge in [-0.2, -0.15) is 4.98 Å². The third-order valence-corrected chi connectivity index (χ3v) is 8.23. The number of allylic oxidation sites excluding steroid dienone is 3. The van der Waals surface area contributed by atoms with Crippen molar-refractivity contribution in [3.05, 3.63) is 59.6 Å². The standard InChI is InChI=1S/C27H33N5OS/c1-32(2)26-22-8-3-5-9-23(22)30-27(31-26)29-20-13-11-18(12-14-20)16-28-25(33)15-19-17-34-24-10-6-4-7-21(19)24/h3-10,17-18,20-21,24H,11-16H2,1-2H3,(H,28,33)(H,29,30,31). The van der Waals surface area contributed by atoms with Crippen LogP contribution < -0.4 is 15.5 Å². The summed E-state index contributed by atoms with van der Waals surface area (Å²) >= 11 is 1.83. The molecule has 2 N–H and O–H groups in total. The first-order chi connectivity index (χ1) is 16.6. The van der Waals surface area contributed by atoms with Crippen molar-refractivity contribution in [2.75, 3.05) is 30.9 Å². The topological polar surface area (TPSA) is 70.2 Å². The third-order valence-electron chi connectivity index (χ3n) is 7.03. The Morgan fingerprint density at radius 3 is 2.71 bits per heavy atom. The van der Waals surface area contributed by atoms with Gasteiger partial charge < -0.3 is 15.5 Å². The molecule has 7 heteroatoms. The van der Waals surface area contributed by atoms with Gasteiger partial charge in [-0.05, 0) is 54.7 Å². The Balaban J connectivity index is 1.09. The lowest BCUT2D eigenvalue weighted by atomic mass is 9.86. The lowest BCUT2D eigenvalue weighted by Gasteiger charge is -2.29. The van der Waals surface area contributed by atoms with Gasteiger partial charge in [-0.15, -0.1) is 11.8 Å². The molecule has 0 saturated heterocycles. The third kappa shape index (κ3) is 5.14. The highest BCUT2D eigenvalue weighted by Gasteiger charge is 2.29. The molecule has 178 valence electrons. The van der Waals surface area contributed by atoms with E-state index in [-0.39, 0.29) is 5.91 Å². The maximum atomic E-state index is 12.6. The summed E-state index contributed by atoms with van der Waals surface area (Å²) in [5.41, 5.74) is 2.20. The SMILES string of the molecule is CN(C)c1nc(NC2CCC(CNC(=O)CC3=CSC4C=CC=CC34)CC2)nc2ccccc12. The van der Waals surface area contributed by atoms with Crippen LogP contribution in [0, 0.1) is 11.8 Å². The van der Waals surface area contributed by atoms with E-state index < -0.39 is 0 Å². The average Bonchev–Trinajstić information content (AvgIpc) is 3.26. The number of carbonyl (C=O) groups excluding carboxylic acids is 1. The van der Waals surface area contributed by atoms with Gasteiger partial charge in [-0.25, -0.2) is 4.98 Å². The largest absolute Gasteiger partial charge is 0.362 e. The van der Waals surface area contributed by atoms with E-state index >= 15 is 0 Å². The molecule has 2 aromatic rings. The van der Waals surface area contributed by atoms with Crippen LogP contribution in [0.5, 0.6) is 0 Å². The van der Waals surface area contributed by atoms with Crippen LogP contribution in [-0.4, -0.2) is 47.8 Å². The molecule has 2 aliphatic carbocycles. The first-order valence-corrected chi connectivity index (χ1v) is 13.2. The smallest absolute Gasteiger partial charge is 0.225 e. The molecule has 1 saturated carbocycles. The van der Waals surface area contributed by atoms with Crippen molar-refractivity contribution in [3.63, 3.8) is 0 Å². The number of carbonyl (C=O) groups is 1. The van der Waals surface area contributed by atoms with Crippen molar-refractivity contribution >= 4 is 40.3 Å². The van der Waals surface area contributed by atoms with Gasteiger partial charge in [-0.3, -0.25) is 4.79 Å². The second-order valence-corrected chi connectivity index (χ2v) is 10.8. The van der Waals surface area contributed by atoms with Crippen molar-refractivity contribution in [1.29, 1.82) is 0 Å². The van der Waals surface area contributed by atoms with Crippen LogP contribution >= 0.6 is 11.8 Å². The fourth-order valence-electron chi connectivity index (χ4n) is 5.12. The lowest BCUT2D eigenvalue weighted by Crippen LogP contribution is -2.34. The number of hydrogen-bond donors (Lipinski definition) is 2. The van der Waals surface area contributed by atoms with E-state index in [9.17, 15) is 4.79 Å². The number of rotatable bonds is 7. The van der Waals surface area contributed by atoms with E-state index in [2.05, 4.69) is 46.4 Å². The molecule has 0 bridgehead atoms. The fourth-order valence-corrected chi connectivity index (χ4v) is 6.31. The van der Waals surface area contributed by atoms with Gasteiger partial charge in [0.05, 0.1) is 5.52 Å². The molecule has 6 nitrogen and oxygen atoms in total. The number of aromatic nitrogens is 2.